The van der Waals surface area contributed by atoms with Crippen LogP contribution in [0.4, 0.5) is 11.5 Å². The first-order valence-corrected chi connectivity index (χ1v) is 6.88. The molecule has 4 nitrogen and oxygen atoms in total. The van der Waals surface area contributed by atoms with Gasteiger partial charge in [0, 0.05) is 32.0 Å². The maximum absolute atomic E-state index is 4.54. The molecule has 1 saturated heterocycles. The van der Waals surface area contributed by atoms with Crippen LogP contribution in [0.2, 0.25) is 0 Å². The van der Waals surface area contributed by atoms with E-state index in [1.54, 1.807) is 0 Å². The van der Waals surface area contributed by atoms with Crippen molar-refractivity contribution in [3.8, 4) is 0 Å². The number of pyridine rings is 1. The molecule has 2 aromatic heterocycles. The first-order chi connectivity index (χ1) is 9.33. The molecule has 19 heavy (non-hydrogen) atoms. The first-order valence-electron chi connectivity index (χ1n) is 6.88. The zero-order valence-corrected chi connectivity index (χ0v) is 11.3. The Morgan fingerprint density at radius 2 is 2.05 bits per heavy atom. The zero-order chi connectivity index (χ0) is 13.1. The SMILES string of the molecule is Cn1cccc1CNc1ccc(N2CCCC2)nc1. The number of hydrogen-bond acceptors (Lipinski definition) is 3. The van der Waals surface area contributed by atoms with Crippen LogP contribution in [0.15, 0.2) is 36.7 Å². The first kappa shape index (κ1) is 12.1. The summed E-state index contributed by atoms with van der Waals surface area (Å²) in [6, 6.07) is 8.41. The summed E-state index contributed by atoms with van der Waals surface area (Å²) in [4.78, 5) is 6.89. The quantitative estimate of drug-likeness (QED) is 0.913. The van der Waals surface area contributed by atoms with Crippen molar-refractivity contribution in [2.75, 3.05) is 23.3 Å². The lowest BCUT2D eigenvalue weighted by atomic mass is 10.3. The van der Waals surface area contributed by atoms with Crippen molar-refractivity contribution >= 4 is 11.5 Å². The third kappa shape index (κ3) is 2.72. The minimum Gasteiger partial charge on any atom is -0.378 e. The molecule has 2 aromatic rings. The van der Waals surface area contributed by atoms with Gasteiger partial charge >= 0.3 is 0 Å². The van der Waals surface area contributed by atoms with Crippen LogP contribution in [0.5, 0.6) is 0 Å². The predicted molar refractivity (Wildman–Crippen MR) is 78.4 cm³/mol. The van der Waals surface area contributed by atoms with E-state index in [0.29, 0.717) is 0 Å². The summed E-state index contributed by atoms with van der Waals surface area (Å²) >= 11 is 0. The van der Waals surface area contributed by atoms with E-state index in [9.17, 15) is 0 Å². The average Bonchev–Trinajstić information content (AvgIpc) is 3.09. The number of aryl methyl sites for hydroxylation is 1. The fourth-order valence-corrected chi connectivity index (χ4v) is 2.50. The second-order valence-electron chi connectivity index (χ2n) is 5.06. The Labute approximate surface area is 114 Å². The van der Waals surface area contributed by atoms with Gasteiger partial charge < -0.3 is 14.8 Å². The summed E-state index contributed by atoms with van der Waals surface area (Å²) in [5.74, 6) is 1.10. The highest BCUT2D eigenvalue weighted by Crippen LogP contribution is 2.19. The third-order valence-electron chi connectivity index (χ3n) is 3.70. The Balaban J connectivity index is 1.61. The van der Waals surface area contributed by atoms with Crippen molar-refractivity contribution in [2.45, 2.75) is 19.4 Å². The van der Waals surface area contributed by atoms with Crippen LogP contribution < -0.4 is 10.2 Å². The van der Waals surface area contributed by atoms with Crippen LogP contribution in [0, 0.1) is 0 Å². The van der Waals surface area contributed by atoms with Gasteiger partial charge in [-0.2, -0.15) is 0 Å². The maximum atomic E-state index is 4.54. The molecule has 3 heterocycles. The smallest absolute Gasteiger partial charge is 0.128 e. The summed E-state index contributed by atoms with van der Waals surface area (Å²) in [7, 11) is 2.06. The summed E-state index contributed by atoms with van der Waals surface area (Å²) in [6.07, 6.45) is 6.56. The normalized spacial score (nSPS) is 14.9. The van der Waals surface area contributed by atoms with Crippen molar-refractivity contribution < 1.29 is 0 Å². The third-order valence-corrected chi connectivity index (χ3v) is 3.70. The van der Waals surface area contributed by atoms with E-state index in [1.165, 1.54) is 18.5 Å². The Hall–Kier alpha value is -1.97. The highest BCUT2D eigenvalue weighted by Gasteiger charge is 2.12. The van der Waals surface area contributed by atoms with Gasteiger partial charge in [-0.1, -0.05) is 0 Å². The molecule has 100 valence electrons. The molecule has 1 aliphatic rings. The van der Waals surface area contributed by atoms with Crippen LogP contribution >= 0.6 is 0 Å². The fraction of sp³-hybridized carbons (Fsp3) is 0.400. The van der Waals surface area contributed by atoms with Crippen molar-refractivity contribution in [2.24, 2.45) is 7.05 Å². The van der Waals surface area contributed by atoms with Gasteiger partial charge in [-0.05, 0) is 37.1 Å². The van der Waals surface area contributed by atoms with Crippen molar-refractivity contribution in [1.29, 1.82) is 0 Å². The van der Waals surface area contributed by atoms with Crippen LogP contribution in [-0.2, 0) is 13.6 Å². The van der Waals surface area contributed by atoms with Crippen LogP contribution in [0.3, 0.4) is 0 Å². The minimum atomic E-state index is 0.828. The molecule has 0 atom stereocenters. The molecule has 0 amide bonds. The highest BCUT2D eigenvalue weighted by atomic mass is 15.2. The molecule has 0 bridgehead atoms. The average molecular weight is 256 g/mol. The molecule has 0 unspecified atom stereocenters. The zero-order valence-electron chi connectivity index (χ0n) is 11.3. The lowest BCUT2D eigenvalue weighted by Crippen LogP contribution is -2.18. The van der Waals surface area contributed by atoms with E-state index >= 15 is 0 Å². The molecule has 3 rings (SSSR count). The van der Waals surface area contributed by atoms with Gasteiger partial charge in [0.2, 0.25) is 0 Å². The fourth-order valence-electron chi connectivity index (χ4n) is 2.50. The lowest BCUT2D eigenvalue weighted by Gasteiger charge is -2.16. The Morgan fingerprint density at radius 1 is 1.21 bits per heavy atom. The van der Waals surface area contributed by atoms with E-state index in [4.69, 9.17) is 0 Å². The van der Waals surface area contributed by atoms with Gasteiger partial charge in [0.1, 0.15) is 5.82 Å². The van der Waals surface area contributed by atoms with E-state index in [-0.39, 0.29) is 0 Å². The molecular formula is C15H20N4. The second kappa shape index (κ2) is 5.34. The number of nitrogens with one attached hydrogen (secondary N) is 1. The van der Waals surface area contributed by atoms with Gasteiger partial charge in [-0.3, -0.25) is 0 Å². The summed E-state index contributed by atoms with van der Waals surface area (Å²) in [5.41, 5.74) is 2.34. The number of anilines is 2. The van der Waals surface area contributed by atoms with Crippen LogP contribution in [0.1, 0.15) is 18.5 Å². The summed E-state index contributed by atoms with van der Waals surface area (Å²) in [6.45, 7) is 3.11. The molecule has 4 heteroatoms. The Bertz CT molecular complexity index is 523. The predicted octanol–water partition coefficient (Wildman–Crippen LogP) is 2.63. The lowest BCUT2D eigenvalue weighted by molar-refractivity contribution is 0.842. The molecule has 0 spiro atoms. The van der Waals surface area contributed by atoms with Gasteiger partial charge in [0.15, 0.2) is 0 Å². The van der Waals surface area contributed by atoms with Crippen LogP contribution in [-0.4, -0.2) is 22.6 Å². The van der Waals surface area contributed by atoms with E-state index in [0.717, 1.165) is 31.1 Å². The largest absolute Gasteiger partial charge is 0.378 e. The molecule has 1 aliphatic heterocycles. The molecule has 1 fully saturated rings. The Kier molecular flexibility index (Phi) is 3.40. The van der Waals surface area contributed by atoms with Gasteiger partial charge in [0.25, 0.3) is 0 Å². The molecular weight excluding hydrogens is 236 g/mol. The minimum absolute atomic E-state index is 0.828. The van der Waals surface area contributed by atoms with Gasteiger partial charge in [0.05, 0.1) is 18.4 Å². The number of nitrogens with zero attached hydrogens (tertiary/aromatic N) is 3. The van der Waals surface area contributed by atoms with E-state index < -0.39 is 0 Å². The van der Waals surface area contributed by atoms with Crippen LogP contribution in [0.25, 0.3) is 0 Å². The number of hydrogen-bond donors (Lipinski definition) is 1. The van der Waals surface area contributed by atoms with E-state index in [2.05, 4.69) is 57.3 Å². The summed E-state index contributed by atoms with van der Waals surface area (Å²) in [5, 5.41) is 3.40. The van der Waals surface area contributed by atoms with Crippen molar-refractivity contribution in [1.82, 2.24) is 9.55 Å². The molecule has 0 aliphatic carbocycles. The Morgan fingerprint density at radius 3 is 2.68 bits per heavy atom. The number of rotatable bonds is 4. The topological polar surface area (TPSA) is 33.1 Å². The number of aromatic nitrogens is 2. The monoisotopic (exact) mass is 256 g/mol. The second-order valence-corrected chi connectivity index (χ2v) is 5.06. The molecule has 1 N–H and O–H groups in total. The molecule has 0 saturated carbocycles. The van der Waals surface area contributed by atoms with Crippen molar-refractivity contribution in [3.63, 3.8) is 0 Å². The van der Waals surface area contributed by atoms with Crippen molar-refractivity contribution in [3.05, 3.63) is 42.4 Å². The standard InChI is InChI=1S/C15H20N4/c1-18-8-4-5-14(18)12-16-13-6-7-15(17-11-13)19-9-2-3-10-19/h4-8,11,16H,2-3,9-10,12H2,1H3. The molecule has 0 radical (unpaired) electrons. The van der Waals surface area contributed by atoms with E-state index in [1.807, 2.05) is 6.20 Å². The molecule has 0 aromatic carbocycles. The maximum Gasteiger partial charge on any atom is 0.128 e. The van der Waals surface area contributed by atoms with Gasteiger partial charge in [-0.25, -0.2) is 4.98 Å². The summed E-state index contributed by atoms with van der Waals surface area (Å²) < 4.78 is 2.12. The highest BCUT2D eigenvalue weighted by molar-refractivity contribution is 5.49. The van der Waals surface area contributed by atoms with Gasteiger partial charge in [-0.15, -0.1) is 0 Å².